The summed E-state index contributed by atoms with van der Waals surface area (Å²) in [5.41, 5.74) is 1.03. The van der Waals surface area contributed by atoms with E-state index >= 15 is 0 Å². The van der Waals surface area contributed by atoms with Gasteiger partial charge in [-0.25, -0.2) is 0 Å². The molecule has 0 bridgehead atoms. The Morgan fingerprint density at radius 1 is 1.00 bits per heavy atom. The minimum Gasteiger partial charge on any atom is -0.378 e. The van der Waals surface area contributed by atoms with Crippen LogP contribution < -0.4 is 5.32 Å². The van der Waals surface area contributed by atoms with E-state index in [4.69, 9.17) is 14.2 Å². The van der Waals surface area contributed by atoms with E-state index in [0.29, 0.717) is 33.0 Å². The van der Waals surface area contributed by atoms with Gasteiger partial charge in [-0.2, -0.15) is 0 Å². The Morgan fingerprint density at radius 2 is 1.53 bits per heavy atom. The number of nitrogens with one attached hydrogen (secondary N) is 1. The van der Waals surface area contributed by atoms with Crippen molar-refractivity contribution in [2.24, 2.45) is 0 Å². The van der Waals surface area contributed by atoms with Gasteiger partial charge in [0.05, 0.1) is 39.6 Å². The zero-order valence-corrected chi connectivity index (χ0v) is 9.88. The van der Waals surface area contributed by atoms with Crippen LogP contribution in [0, 0.1) is 0 Å². The molecule has 0 saturated carbocycles. The highest BCUT2D eigenvalue weighted by Crippen LogP contribution is 1.88. The van der Waals surface area contributed by atoms with E-state index in [2.05, 4.69) is 11.9 Å². The van der Waals surface area contributed by atoms with Crippen LogP contribution in [0.4, 0.5) is 0 Å². The van der Waals surface area contributed by atoms with Crippen LogP contribution in [0.1, 0.15) is 6.92 Å². The molecule has 0 amide bonds. The first kappa shape index (κ1) is 14.6. The molecule has 0 spiro atoms. The fraction of sp³-hybridized carbons (Fsp3) is 0.818. The lowest BCUT2D eigenvalue weighted by Gasteiger charge is -2.06. The molecule has 0 aliphatic heterocycles. The van der Waals surface area contributed by atoms with Crippen molar-refractivity contribution < 1.29 is 14.2 Å². The van der Waals surface area contributed by atoms with Crippen molar-refractivity contribution in [2.75, 3.05) is 53.2 Å². The largest absolute Gasteiger partial charge is 0.378 e. The fourth-order valence-electron chi connectivity index (χ4n) is 0.860. The van der Waals surface area contributed by atoms with Gasteiger partial charge < -0.3 is 19.5 Å². The number of ether oxygens (including phenoxy) is 3. The summed E-state index contributed by atoms with van der Waals surface area (Å²) in [7, 11) is 1.90. The first-order valence-corrected chi connectivity index (χ1v) is 5.29. The molecule has 0 unspecified atom stereocenters. The van der Waals surface area contributed by atoms with Crippen molar-refractivity contribution in [2.45, 2.75) is 6.92 Å². The molecule has 0 aromatic heterocycles. The van der Waals surface area contributed by atoms with Crippen LogP contribution >= 0.6 is 0 Å². The molecule has 1 N–H and O–H groups in total. The summed E-state index contributed by atoms with van der Waals surface area (Å²) in [6.45, 7) is 10.4. The van der Waals surface area contributed by atoms with Crippen molar-refractivity contribution in [3.05, 3.63) is 12.2 Å². The van der Waals surface area contributed by atoms with E-state index in [9.17, 15) is 0 Å². The number of likely N-dealkylation sites (N-methyl/N-ethyl adjacent to an activating group) is 1. The van der Waals surface area contributed by atoms with Gasteiger partial charge in [-0.1, -0.05) is 12.2 Å². The third-order valence-corrected chi connectivity index (χ3v) is 1.59. The topological polar surface area (TPSA) is 39.7 Å². The summed E-state index contributed by atoms with van der Waals surface area (Å²) < 4.78 is 15.8. The molecule has 0 radical (unpaired) electrons. The zero-order chi connectivity index (χ0) is 11.4. The van der Waals surface area contributed by atoms with Crippen molar-refractivity contribution in [3.63, 3.8) is 0 Å². The highest BCUT2D eigenvalue weighted by Gasteiger charge is 1.91. The standard InChI is InChI=1S/C11H23NO3/c1-11(2)10-15-9-8-14-7-6-13-5-4-12-3/h12H,1,4-10H2,2-3H3. The molecule has 0 heterocycles. The molecule has 0 aliphatic carbocycles. The summed E-state index contributed by atoms with van der Waals surface area (Å²) in [5, 5.41) is 3.00. The van der Waals surface area contributed by atoms with Crippen molar-refractivity contribution in [1.82, 2.24) is 5.32 Å². The Morgan fingerprint density at radius 3 is 2.07 bits per heavy atom. The Hall–Kier alpha value is -0.420. The van der Waals surface area contributed by atoms with Crippen molar-refractivity contribution >= 4 is 0 Å². The molecule has 0 aromatic carbocycles. The molecule has 0 rings (SSSR count). The first-order chi connectivity index (χ1) is 7.27. The summed E-state index contributed by atoms with van der Waals surface area (Å²) in [6.07, 6.45) is 0. The van der Waals surface area contributed by atoms with Crippen LogP contribution in [-0.2, 0) is 14.2 Å². The van der Waals surface area contributed by atoms with Crippen LogP contribution in [0.2, 0.25) is 0 Å². The molecular weight excluding hydrogens is 194 g/mol. The Kier molecular flexibility index (Phi) is 11.3. The number of hydrogen-bond acceptors (Lipinski definition) is 4. The number of hydrogen-bond donors (Lipinski definition) is 1. The van der Waals surface area contributed by atoms with Gasteiger partial charge in [-0.3, -0.25) is 0 Å². The van der Waals surface area contributed by atoms with Gasteiger partial charge in [0.15, 0.2) is 0 Å². The van der Waals surface area contributed by atoms with Crippen LogP contribution in [-0.4, -0.2) is 53.2 Å². The van der Waals surface area contributed by atoms with Gasteiger partial charge in [0.1, 0.15) is 0 Å². The average Bonchev–Trinajstić information content (AvgIpc) is 2.20. The zero-order valence-electron chi connectivity index (χ0n) is 9.88. The Labute approximate surface area is 92.6 Å². The molecule has 90 valence electrons. The normalized spacial score (nSPS) is 10.5. The lowest BCUT2D eigenvalue weighted by atomic mass is 10.4. The second-order valence-corrected chi connectivity index (χ2v) is 3.34. The molecular formula is C11H23NO3. The van der Waals surface area contributed by atoms with Crippen LogP contribution in [0.25, 0.3) is 0 Å². The highest BCUT2D eigenvalue weighted by molar-refractivity contribution is 4.87. The first-order valence-electron chi connectivity index (χ1n) is 5.29. The van der Waals surface area contributed by atoms with E-state index in [1.54, 1.807) is 0 Å². The Balaban J connectivity index is 2.89. The van der Waals surface area contributed by atoms with Crippen molar-refractivity contribution in [3.8, 4) is 0 Å². The van der Waals surface area contributed by atoms with Crippen LogP contribution in [0.15, 0.2) is 12.2 Å². The van der Waals surface area contributed by atoms with Gasteiger partial charge in [0.2, 0.25) is 0 Å². The van der Waals surface area contributed by atoms with E-state index in [1.807, 2.05) is 14.0 Å². The fourth-order valence-corrected chi connectivity index (χ4v) is 0.860. The molecule has 0 aromatic rings. The second-order valence-electron chi connectivity index (χ2n) is 3.34. The maximum atomic E-state index is 5.30. The lowest BCUT2D eigenvalue weighted by molar-refractivity contribution is 0.0194. The summed E-state index contributed by atoms with van der Waals surface area (Å²) in [4.78, 5) is 0. The minimum absolute atomic E-state index is 0.613. The average molecular weight is 217 g/mol. The molecule has 0 fully saturated rings. The summed E-state index contributed by atoms with van der Waals surface area (Å²) >= 11 is 0. The summed E-state index contributed by atoms with van der Waals surface area (Å²) in [6, 6.07) is 0. The predicted octanol–water partition coefficient (Wildman–Crippen LogP) is 0.832. The predicted molar refractivity (Wildman–Crippen MR) is 61.2 cm³/mol. The van der Waals surface area contributed by atoms with Gasteiger partial charge in [-0.05, 0) is 14.0 Å². The SMILES string of the molecule is C=C(C)COCCOCCOCCNC. The van der Waals surface area contributed by atoms with E-state index in [-0.39, 0.29) is 0 Å². The van der Waals surface area contributed by atoms with Gasteiger partial charge >= 0.3 is 0 Å². The molecule has 0 aliphatic rings. The second kappa shape index (κ2) is 11.7. The molecule has 4 heteroatoms. The Bertz CT molecular complexity index is 151. The minimum atomic E-state index is 0.613. The third kappa shape index (κ3) is 13.6. The smallest absolute Gasteiger partial charge is 0.0704 e. The van der Waals surface area contributed by atoms with E-state index in [0.717, 1.165) is 18.7 Å². The maximum Gasteiger partial charge on any atom is 0.0704 e. The van der Waals surface area contributed by atoms with Gasteiger partial charge in [0, 0.05) is 6.54 Å². The monoisotopic (exact) mass is 217 g/mol. The van der Waals surface area contributed by atoms with Gasteiger partial charge in [0.25, 0.3) is 0 Å². The maximum absolute atomic E-state index is 5.30. The highest BCUT2D eigenvalue weighted by atomic mass is 16.5. The lowest BCUT2D eigenvalue weighted by Crippen LogP contribution is -2.16. The van der Waals surface area contributed by atoms with E-state index < -0.39 is 0 Å². The van der Waals surface area contributed by atoms with Gasteiger partial charge in [-0.15, -0.1) is 0 Å². The molecule has 0 atom stereocenters. The summed E-state index contributed by atoms with van der Waals surface area (Å²) in [5.74, 6) is 0. The third-order valence-electron chi connectivity index (χ3n) is 1.59. The quantitative estimate of drug-likeness (QED) is 0.411. The van der Waals surface area contributed by atoms with Crippen molar-refractivity contribution in [1.29, 1.82) is 0 Å². The molecule has 0 saturated heterocycles. The molecule has 4 nitrogen and oxygen atoms in total. The van der Waals surface area contributed by atoms with Crippen LogP contribution in [0.3, 0.4) is 0 Å². The van der Waals surface area contributed by atoms with Crippen LogP contribution in [0.5, 0.6) is 0 Å². The number of rotatable bonds is 11. The van der Waals surface area contributed by atoms with E-state index in [1.165, 1.54) is 0 Å². The molecule has 15 heavy (non-hydrogen) atoms.